The number of benzene rings is 1. The van der Waals surface area contributed by atoms with E-state index in [1.54, 1.807) is 19.2 Å². The molecule has 0 fully saturated rings. The summed E-state index contributed by atoms with van der Waals surface area (Å²) in [6, 6.07) is 11.0. The summed E-state index contributed by atoms with van der Waals surface area (Å²) in [5.41, 5.74) is 1.07. The first-order valence-corrected chi connectivity index (χ1v) is 6.54. The SMILES string of the molecule is COc1ccc(CSc2cccnc2[N+](=O)[O-])cc1. The number of ether oxygens (including phenoxy) is 1. The highest BCUT2D eigenvalue weighted by Gasteiger charge is 2.14. The lowest BCUT2D eigenvalue weighted by molar-refractivity contribution is -0.392. The summed E-state index contributed by atoms with van der Waals surface area (Å²) in [6.45, 7) is 0. The molecule has 0 bridgehead atoms. The van der Waals surface area contributed by atoms with Crippen LogP contribution in [0.15, 0.2) is 47.5 Å². The first-order valence-electron chi connectivity index (χ1n) is 5.56. The monoisotopic (exact) mass is 276 g/mol. The molecule has 0 N–H and O–H groups in total. The van der Waals surface area contributed by atoms with Crippen molar-refractivity contribution >= 4 is 17.6 Å². The Morgan fingerprint density at radius 2 is 2.05 bits per heavy atom. The summed E-state index contributed by atoms with van der Waals surface area (Å²) in [4.78, 5) is 14.7. The van der Waals surface area contributed by atoms with Gasteiger partial charge in [-0.1, -0.05) is 12.1 Å². The van der Waals surface area contributed by atoms with Crippen LogP contribution in [0, 0.1) is 10.1 Å². The number of pyridine rings is 1. The Bertz CT molecular complexity index is 572. The Labute approximate surface area is 114 Å². The van der Waals surface area contributed by atoms with E-state index in [1.165, 1.54) is 18.0 Å². The Morgan fingerprint density at radius 1 is 1.32 bits per heavy atom. The number of nitro groups is 1. The Kier molecular flexibility index (Phi) is 4.35. The van der Waals surface area contributed by atoms with E-state index in [0.717, 1.165) is 11.3 Å². The molecule has 0 saturated carbocycles. The summed E-state index contributed by atoms with van der Waals surface area (Å²) < 4.78 is 5.08. The van der Waals surface area contributed by atoms with Gasteiger partial charge in [-0.25, -0.2) is 0 Å². The summed E-state index contributed by atoms with van der Waals surface area (Å²) in [5, 5.41) is 10.8. The molecule has 0 atom stereocenters. The standard InChI is InChI=1S/C13H12N2O3S/c1-18-11-6-4-10(5-7-11)9-19-12-3-2-8-14-13(12)15(16)17/h2-8H,9H2,1H3. The topological polar surface area (TPSA) is 65.3 Å². The largest absolute Gasteiger partial charge is 0.497 e. The number of nitrogens with zero attached hydrogens (tertiary/aromatic N) is 2. The third-order valence-electron chi connectivity index (χ3n) is 2.48. The van der Waals surface area contributed by atoms with E-state index >= 15 is 0 Å². The third kappa shape index (κ3) is 3.45. The normalized spacial score (nSPS) is 10.2. The van der Waals surface area contributed by atoms with Gasteiger partial charge in [0.1, 0.15) is 16.8 Å². The Balaban J connectivity index is 2.07. The molecule has 0 spiro atoms. The number of hydrogen-bond donors (Lipinski definition) is 0. The highest BCUT2D eigenvalue weighted by molar-refractivity contribution is 7.98. The molecule has 5 nitrogen and oxygen atoms in total. The maximum atomic E-state index is 10.8. The van der Waals surface area contributed by atoms with Gasteiger partial charge in [0.2, 0.25) is 0 Å². The third-order valence-corrected chi connectivity index (χ3v) is 3.58. The number of methoxy groups -OCH3 is 1. The summed E-state index contributed by atoms with van der Waals surface area (Å²) >= 11 is 1.40. The molecule has 0 aliphatic rings. The van der Waals surface area contributed by atoms with Gasteiger partial charge in [0.15, 0.2) is 0 Å². The van der Waals surface area contributed by atoms with Crippen molar-refractivity contribution in [1.29, 1.82) is 0 Å². The van der Waals surface area contributed by atoms with Gasteiger partial charge in [0.25, 0.3) is 0 Å². The van der Waals surface area contributed by atoms with Crippen molar-refractivity contribution in [2.24, 2.45) is 0 Å². The van der Waals surface area contributed by atoms with Crippen LogP contribution in [0.1, 0.15) is 5.56 Å². The molecule has 19 heavy (non-hydrogen) atoms. The van der Waals surface area contributed by atoms with E-state index in [-0.39, 0.29) is 5.82 Å². The zero-order valence-electron chi connectivity index (χ0n) is 10.3. The van der Waals surface area contributed by atoms with Crippen LogP contribution in [-0.2, 0) is 5.75 Å². The summed E-state index contributed by atoms with van der Waals surface area (Å²) in [5.74, 6) is 1.35. The second kappa shape index (κ2) is 6.19. The first-order chi connectivity index (χ1) is 9.20. The Morgan fingerprint density at radius 3 is 2.68 bits per heavy atom. The molecule has 98 valence electrons. The minimum atomic E-state index is -0.462. The second-order valence-corrected chi connectivity index (χ2v) is 4.74. The zero-order valence-corrected chi connectivity index (χ0v) is 11.1. The van der Waals surface area contributed by atoms with Gasteiger partial charge in [-0.15, -0.1) is 11.8 Å². The molecule has 1 aromatic heterocycles. The maximum absolute atomic E-state index is 10.8. The van der Waals surface area contributed by atoms with Gasteiger partial charge in [-0.05, 0) is 39.7 Å². The maximum Gasteiger partial charge on any atom is 0.377 e. The summed E-state index contributed by atoms with van der Waals surface area (Å²) in [7, 11) is 1.61. The molecular weight excluding hydrogens is 264 g/mol. The molecule has 1 heterocycles. The predicted octanol–water partition coefficient (Wildman–Crippen LogP) is 3.29. The van der Waals surface area contributed by atoms with Crippen molar-refractivity contribution in [2.45, 2.75) is 10.6 Å². The highest BCUT2D eigenvalue weighted by atomic mass is 32.2. The molecule has 6 heteroatoms. The number of hydrogen-bond acceptors (Lipinski definition) is 5. The molecule has 0 amide bonds. The predicted molar refractivity (Wildman–Crippen MR) is 73.4 cm³/mol. The van der Waals surface area contributed by atoms with Crippen LogP contribution in [0.2, 0.25) is 0 Å². The second-order valence-electron chi connectivity index (χ2n) is 3.72. The molecule has 0 radical (unpaired) electrons. The van der Waals surface area contributed by atoms with E-state index in [4.69, 9.17) is 4.74 Å². The van der Waals surface area contributed by atoms with Crippen LogP contribution in [0.25, 0.3) is 0 Å². The molecule has 0 unspecified atom stereocenters. The van der Waals surface area contributed by atoms with Crippen LogP contribution in [-0.4, -0.2) is 17.0 Å². The molecule has 2 aromatic rings. The van der Waals surface area contributed by atoms with Gasteiger partial charge >= 0.3 is 5.82 Å². The number of thioether (sulfide) groups is 1. The van der Waals surface area contributed by atoms with Gasteiger partial charge in [0, 0.05) is 5.75 Å². The zero-order chi connectivity index (χ0) is 13.7. The van der Waals surface area contributed by atoms with Crippen LogP contribution in [0.3, 0.4) is 0 Å². The van der Waals surface area contributed by atoms with E-state index < -0.39 is 4.92 Å². The van der Waals surface area contributed by atoms with E-state index in [9.17, 15) is 10.1 Å². The lowest BCUT2D eigenvalue weighted by atomic mass is 10.2. The van der Waals surface area contributed by atoms with Crippen molar-refractivity contribution in [3.63, 3.8) is 0 Å². The Hall–Kier alpha value is -2.08. The minimum Gasteiger partial charge on any atom is -0.497 e. The number of aromatic nitrogens is 1. The quantitative estimate of drug-likeness (QED) is 0.476. The average Bonchev–Trinajstić information content (AvgIpc) is 2.46. The minimum absolute atomic E-state index is 0.0963. The van der Waals surface area contributed by atoms with Crippen molar-refractivity contribution in [3.05, 3.63) is 58.3 Å². The fraction of sp³-hybridized carbons (Fsp3) is 0.154. The van der Waals surface area contributed by atoms with E-state index in [0.29, 0.717) is 10.6 Å². The van der Waals surface area contributed by atoms with Crippen molar-refractivity contribution in [1.82, 2.24) is 4.98 Å². The molecule has 0 aliphatic heterocycles. The van der Waals surface area contributed by atoms with E-state index in [1.807, 2.05) is 24.3 Å². The fourth-order valence-corrected chi connectivity index (χ4v) is 2.46. The first kappa shape index (κ1) is 13.4. The van der Waals surface area contributed by atoms with Crippen LogP contribution < -0.4 is 4.74 Å². The molecule has 0 saturated heterocycles. The van der Waals surface area contributed by atoms with Crippen molar-refractivity contribution < 1.29 is 9.66 Å². The van der Waals surface area contributed by atoms with Gasteiger partial charge in [0.05, 0.1) is 7.11 Å². The van der Waals surface area contributed by atoms with Crippen LogP contribution >= 0.6 is 11.8 Å². The van der Waals surface area contributed by atoms with Gasteiger partial charge in [-0.3, -0.25) is 0 Å². The lowest BCUT2D eigenvalue weighted by Crippen LogP contribution is -1.94. The molecule has 2 rings (SSSR count). The van der Waals surface area contributed by atoms with Crippen molar-refractivity contribution in [2.75, 3.05) is 7.11 Å². The molecule has 0 aliphatic carbocycles. The lowest BCUT2D eigenvalue weighted by Gasteiger charge is -2.04. The number of rotatable bonds is 5. The highest BCUT2D eigenvalue weighted by Crippen LogP contribution is 2.29. The fourth-order valence-electron chi connectivity index (χ4n) is 1.51. The van der Waals surface area contributed by atoms with Gasteiger partial charge < -0.3 is 14.9 Å². The van der Waals surface area contributed by atoms with Crippen molar-refractivity contribution in [3.8, 4) is 5.75 Å². The van der Waals surface area contributed by atoms with E-state index in [2.05, 4.69) is 4.98 Å². The smallest absolute Gasteiger partial charge is 0.377 e. The average molecular weight is 276 g/mol. The van der Waals surface area contributed by atoms with Gasteiger partial charge in [-0.2, -0.15) is 0 Å². The molecule has 1 aromatic carbocycles. The van der Waals surface area contributed by atoms with Crippen LogP contribution in [0.5, 0.6) is 5.75 Å². The van der Waals surface area contributed by atoms with Crippen LogP contribution in [0.4, 0.5) is 5.82 Å². The molecular formula is C13H12N2O3S. The summed E-state index contributed by atoms with van der Waals surface area (Å²) in [6.07, 6.45) is 1.43.